The van der Waals surface area contributed by atoms with Crippen molar-refractivity contribution in [3.8, 4) is 11.8 Å². The Morgan fingerprint density at radius 1 is 1.05 bits per heavy atom. The van der Waals surface area contributed by atoms with Crippen molar-refractivity contribution in [3.05, 3.63) is 48.0 Å². The molecule has 2 aromatic rings. The van der Waals surface area contributed by atoms with E-state index in [2.05, 4.69) is 10.2 Å². The Hall–Kier alpha value is -1.76. The summed E-state index contributed by atoms with van der Waals surface area (Å²) in [6, 6.07) is 11.1. The minimum atomic E-state index is -4.24. The van der Waals surface area contributed by atoms with Crippen molar-refractivity contribution < 1.29 is 49.1 Å². The zero-order valence-electron chi connectivity index (χ0n) is 12.5. The number of azo groups is 1. The van der Waals surface area contributed by atoms with Crippen molar-refractivity contribution in [3.63, 3.8) is 0 Å². The van der Waals surface area contributed by atoms with Gasteiger partial charge >= 0.3 is 29.6 Å². The fourth-order valence-electron chi connectivity index (χ4n) is 1.48. The van der Waals surface area contributed by atoms with Gasteiger partial charge in [-0.05, 0) is 42.5 Å². The topological polar surface area (TPSA) is 123 Å². The molecule has 0 radical (unpaired) electrons. The molecule has 0 aliphatic rings. The summed E-state index contributed by atoms with van der Waals surface area (Å²) < 4.78 is 30.6. The standard InChI is InChI=1S/C13H9N3O4S.Na.H/c14-8-9-7-11(3-6-13(9)17)16-15-10-1-4-12(5-2-10)21(18,19)20;;/h1-7,17H,(H,18,19,20);;/q;+1;-1. The van der Waals surface area contributed by atoms with E-state index in [-0.39, 0.29) is 47.2 Å². The first-order valence-corrected chi connectivity index (χ1v) is 7.06. The molecule has 0 saturated heterocycles. The monoisotopic (exact) mass is 327 g/mol. The number of nitrogens with zero attached hydrogens (tertiary/aromatic N) is 3. The Bertz CT molecular complexity index is 849. The van der Waals surface area contributed by atoms with Crippen molar-refractivity contribution in [2.24, 2.45) is 10.2 Å². The van der Waals surface area contributed by atoms with Gasteiger partial charge in [0.25, 0.3) is 10.1 Å². The third-order valence-corrected chi connectivity index (χ3v) is 3.38. The third kappa shape index (κ3) is 4.62. The molecular formula is C13H10N3NaO4S. The number of hydrogen-bond acceptors (Lipinski definition) is 6. The zero-order chi connectivity index (χ0) is 15.5. The number of phenolic OH excluding ortho intramolecular Hbond substituents is 1. The molecule has 22 heavy (non-hydrogen) atoms. The Kier molecular flexibility index (Phi) is 6.22. The van der Waals surface area contributed by atoms with E-state index in [0.717, 1.165) is 0 Å². The fourth-order valence-corrected chi connectivity index (χ4v) is 1.96. The van der Waals surface area contributed by atoms with Gasteiger partial charge in [-0.25, -0.2) is 0 Å². The molecule has 0 aromatic heterocycles. The Labute approximate surface area is 150 Å². The summed E-state index contributed by atoms with van der Waals surface area (Å²) in [6.45, 7) is 0. The number of rotatable bonds is 3. The van der Waals surface area contributed by atoms with E-state index in [9.17, 15) is 13.5 Å². The van der Waals surface area contributed by atoms with Gasteiger partial charge in [0.15, 0.2) is 0 Å². The molecule has 0 amide bonds. The zero-order valence-corrected chi connectivity index (χ0v) is 14.3. The summed E-state index contributed by atoms with van der Waals surface area (Å²) in [4.78, 5) is -0.238. The SMILES string of the molecule is N#Cc1cc(N=Nc2ccc(S(=O)(=O)O)cc2)ccc1O.[H-].[Na+]. The summed E-state index contributed by atoms with van der Waals surface area (Å²) in [7, 11) is -4.24. The number of hydrogen-bond donors (Lipinski definition) is 2. The van der Waals surface area contributed by atoms with Crippen molar-refractivity contribution >= 4 is 21.5 Å². The second-order valence-corrected chi connectivity index (χ2v) is 5.40. The van der Waals surface area contributed by atoms with Gasteiger partial charge in [-0.15, -0.1) is 0 Å². The van der Waals surface area contributed by atoms with Crippen molar-refractivity contribution in [2.45, 2.75) is 4.90 Å². The van der Waals surface area contributed by atoms with Crippen LogP contribution >= 0.6 is 0 Å². The first kappa shape index (κ1) is 18.3. The summed E-state index contributed by atoms with van der Waals surface area (Å²) >= 11 is 0. The molecule has 0 spiro atoms. The van der Waals surface area contributed by atoms with Crippen LogP contribution in [0.5, 0.6) is 5.75 Å². The molecule has 0 saturated carbocycles. The first-order chi connectivity index (χ1) is 9.90. The van der Waals surface area contributed by atoms with Crippen LogP contribution in [0.2, 0.25) is 0 Å². The quantitative estimate of drug-likeness (QED) is 0.468. The maximum Gasteiger partial charge on any atom is 1.00 e. The van der Waals surface area contributed by atoms with Crippen LogP contribution in [0.25, 0.3) is 0 Å². The van der Waals surface area contributed by atoms with E-state index in [1.54, 1.807) is 0 Å². The molecule has 0 bridgehead atoms. The van der Waals surface area contributed by atoms with Gasteiger partial charge < -0.3 is 6.53 Å². The van der Waals surface area contributed by atoms with E-state index < -0.39 is 10.1 Å². The molecule has 0 aliphatic carbocycles. The van der Waals surface area contributed by atoms with Crippen LogP contribution in [-0.2, 0) is 10.1 Å². The largest absolute Gasteiger partial charge is 1.00 e. The van der Waals surface area contributed by atoms with Crippen LogP contribution in [0.15, 0.2) is 57.6 Å². The number of aromatic hydroxyl groups is 1. The van der Waals surface area contributed by atoms with Crippen LogP contribution in [0, 0.1) is 11.3 Å². The minimum absolute atomic E-state index is 0. The van der Waals surface area contributed by atoms with Crippen molar-refractivity contribution in [1.29, 1.82) is 5.26 Å². The Balaban J connectivity index is 0.00000242. The molecule has 7 nitrogen and oxygen atoms in total. The number of benzene rings is 2. The first-order valence-electron chi connectivity index (χ1n) is 5.62. The third-order valence-electron chi connectivity index (χ3n) is 2.52. The number of phenols is 1. The predicted octanol–water partition coefficient (Wildman–Crippen LogP) is 0.0425. The molecule has 2 N–H and O–H groups in total. The number of nitriles is 1. The van der Waals surface area contributed by atoms with Crippen LogP contribution in [0.4, 0.5) is 11.4 Å². The molecular weight excluding hydrogens is 317 g/mol. The Morgan fingerprint density at radius 2 is 1.59 bits per heavy atom. The van der Waals surface area contributed by atoms with Gasteiger partial charge in [-0.2, -0.15) is 23.9 Å². The minimum Gasteiger partial charge on any atom is -1.00 e. The summed E-state index contributed by atoms with van der Waals surface area (Å²) in [5, 5.41) is 25.9. The van der Waals surface area contributed by atoms with Crippen LogP contribution in [0.3, 0.4) is 0 Å². The average molecular weight is 327 g/mol. The van der Waals surface area contributed by atoms with Crippen LogP contribution < -0.4 is 29.6 Å². The van der Waals surface area contributed by atoms with Crippen molar-refractivity contribution in [2.75, 3.05) is 0 Å². The van der Waals surface area contributed by atoms with Gasteiger partial charge in [0, 0.05) is 0 Å². The Morgan fingerprint density at radius 3 is 2.14 bits per heavy atom. The van der Waals surface area contributed by atoms with Crippen molar-refractivity contribution in [1.82, 2.24) is 0 Å². The maximum atomic E-state index is 10.9. The second kappa shape index (κ2) is 7.49. The van der Waals surface area contributed by atoms with Gasteiger partial charge in [-0.3, -0.25) is 4.55 Å². The van der Waals surface area contributed by atoms with Crippen LogP contribution in [0.1, 0.15) is 6.99 Å². The molecule has 0 heterocycles. The summed E-state index contributed by atoms with van der Waals surface area (Å²) in [5.74, 6) is -0.144. The molecule has 108 valence electrons. The van der Waals surface area contributed by atoms with Gasteiger partial charge in [0.05, 0.1) is 21.8 Å². The van der Waals surface area contributed by atoms with E-state index in [1.165, 1.54) is 42.5 Å². The normalized spacial score (nSPS) is 10.9. The summed E-state index contributed by atoms with van der Waals surface area (Å²) in [6.07, 6.45) is 0. The average Bonchev–Trinajstić information content (AvgIpc) is 2.46. The smallest absolute Gasteiger partial charge is 1.00 e. The molecule has 0 unspecified atom stereocenters. The van der Waals surface area contributed by atoms with E-state index in [1.807, 2.05) is 6.07 Å². The maximum absolute atomic E-state index is 10.9. The fraction of sp³-hybridized carbons (Fsp3) is 0. The van der Waals surface area contributed by atoms with Gasteiger partial charge in [0.2, 0.25) is 0 Å². The van der Waals surface area contributed by atoms with Gasteiger partial charge in [0.1, 0.15) is 11.8 Å². The van der Waals surface area contributed by atoms with E-state index >= 15 is 0 Å². The molecule has 2 rings (SSSR count). The molecule has 0 fully saturated rings. The molecule has 2 aromatic carbocycles. The predicted molar refractivity (Wildman–Crippen MR) is 74.4 cm³/mol. The van der Waals surface area contributed by atoms with E-state index in [4.69, 9.17) is 9.81 Å². The van der Waals surface area contributed by atoms with Crippen LogP contribution in [-0.4, -0.2) is 18.1 Å². The van der Waals surface area contributed by atoms with E-state index in [0.29, 0.717) is 11.4 Å². The molecule has 9 heteroatoms. The summed E-state index contributed by atoms with van der Waals surface area (Å²) in [5.41, 5.74) is 0.811. The molecule has 0 aliphatic heterocycles. The second-order valence-electron chi connectivity index (χ2n) is 3.98. The molecule has 0 atom stereocenters. The van der Waals surface area contributed by atoms with Gasteiger partial charge in [-0.1, -0.05) is 0 Å².